The van der Waals surface area contributed by atoms with Crippen LogP contribution in [0.15, 0.2) is 47.4 Å². The number of amides is 1. The second kappa shape index (κ2) is 8.77. The second-order valence-corrected chi connectivity index (χ2v) is 7.53. The maximum absolute atomic E-state index is 12.5. The number of hydrogen-bond donors (Lipinski definition) is 1. The van der Waals surface area contributed by atoms with Gasteiger partial charge in [0.05, 0.1) is 29.6 Å². The first-order valence-corrected chi connectivity index (χ1v) is 9.36. The van der Waals surface area contributed by atoms with Crippen LogP contribution in [0.2, 0.25) is 0 Å². The number of sulfonamides is 1. The second-order valence-electron chi connectivity index (χ2n) is 5.59. The van der Waals surface area contributed by atoms with Gasteiger partial charge >= 0.3 is 5.97 Å². The molecule has 0 atom stereocenters. The molecule has 12 heteroatoms. The maximum Gasteiger partial charge on any atom is 0.338 e. The fourth-order valence-corrected chi connectivity index (χ4v) is 3.22. The number of methoxy groups -OCH3 is 1. The minimum atomic E-state index is -3.85. The highest BCUT2D eigenvalue weighted by Gasteiger charge is 2.21. The zero-order chi connectivity index (χ0) is 21.8. The van der Waals surface area contributed by atoms with Gasteiger partial charge < -0.3 is 10.1 Å². The lowest BCUT2D eigenvalue weighted by Gasteiger charge is -2.14. The van der Waals surface area contributed by atoms with Gasteiger partial charge in [-0.05, 0) is 30.3 Å². The van der Waals surface area contributed by atoms with E-state index in [1.807, 2.05) is 0 Å². The molecule has 2 aromatic carbocycles. The Morgan fingerprint density at radius 3 is 2.17 bits per heavy atom. The Balaban J connectivity index is 2.29. The first kappa shape index (κ1) is 21.9. The third-order valence-electron chi connectivity index (χ3n) is 3.82. The van der Waals surface area contributed by atoms with Crippen molar-refractivity contribution in [3.05, 3.63) is 63.7 Å². The van der Waals surface area contributed by atoms with E-state index in [0.717, 1.165) is 25.3 Å². The van der Waals surface area contributed by atoms with Crippen LogP contribution in [0.5, 0.6) is 0 Å². The fourth-order valence-electron chi connectivity index (χ4n) is 2.24. The Kier molecular flexibility index (Phi) is 6.64. The topological polar surface area (TPSA) is 145 Å². The summed E-state index contributed by atoms with van der Waals surface area (Å²) in [7, 11) is -0.308. The van der Waals surface area contributed by atoms with E-state index in [-0.39, 0.29) is 21.7 Å². The molecular formula is C17H17N3O8S. The van der Waals surface area contributed by atoms with Crippen LogP contribution in [-0.2, 0) is 19.6 Å². The molecule has 0 bridgehead atoms. The molecule has 11 nitrogen and oxygen atoms in total. The summed E-state index contributed by atoms with van der Waals surface area (Å²) in [6, 6.07) is 8.35. The molecule has 0 spiro atoms. The standard InChI is InChI=1S/C17H17N3O8S/c1-19(28-3)29(25,26)15-6-4-13(5-7-15)18-16(21)11-8-12(17(22)27-2)10-14(9-11)20(23)24/h4-10H,1-3H3,(H,18,21). The van der Waals surface area contributed by atoms with Crippen molar-refractivity contribution >= 4 is 33.3 Å². The van der Waals surface area contributed by atoms with Gasteiger partial charge in [-0.3, -0.25) is 19.7 Å². The third-order valence-corrected chi connectivity index (χ3v) is 5.51. The smallest absolute Gasteiger partial charge is 0.338 e. The van der Waals surface area contributed by atoms with Crippen molar-refractivity contribution in [3.63, 3.8) is 0 Å². The van der Waals surface area contributed by atoms with Crippen molar-refractivity contribution in [1.29, 1.82) is 0 Å². The SMILES string of the molecule is COC(=O)c1cc(C(=O)Nc2ccc(S(=O)(=O)N(C)OC)cc2)cc([N+](=O)[O-])c1. The molecule has 0 saturated heterocycles. The number of nitrogens with one attached hydrogen (secondary N) is 1. The first-order valence-electron chi connectivity index (χ1n) is 7.92. The van der Waals surface area contributed by atoms with Crippen molar-refractivity contribution in [1.82, 2.24) is 4.47 Å². The van der Waals surface area contributed by atoms with Crippen LogP contribution in [0, 0.1) is 10.1 Å². The van der Waals surface area contributed by atoms with Gasteiger partial charge in [0.1, 0.15) is 0 Å². The number of carbonyl (C=O) groups excluding carboxylic acids is 2. The molecule has 2 aromatic rings. The van der Waals surface area contributed by atoms with Gasteiger partial charge in [0.25, 0.3) is 21.6 Å². The van der Waals surface area contributed by atoms with Crippen molar-refractivity contribution in [3.8, 4) is 0 Å². The lowest BCUT2D eigenvalue weighted by molar-refractivity contribution is -0.384. The number of carbonyl (C=O) groups is 2. The van der Waals surface area contributed by atoms with Crippen LogP contribution in [0.3, 0.4) is 0 Å². The number of hydroxylamine groups is 1. The molecular weight excluding hydrogens is 406 g/mol. The van der Waals surface area contributed by atoms with Gasteiger partial charge in [-0.25, -0.2) is 13.2 Å². The molecule has 0 aliphatic heterocycles. The average molecular weight is 423 g/mol. The van der Waals surface area contributed by atoms with E-state index in [1.165, 1.54) is 38.4 Å². The third kappa shape index (κ3) is 4.93. The van der Waals surface area contributed by atoms with E-state index in [4.69, 9.17) is 0 Å². The molecule has 0 saturated carbocycles. The minimum Gasteiger partial charge on any atom is -0.465 e. The highest BCUT2D eigenvalue weighted by atomic mass is 32.2. The molecule has 1 N–H and O–H groups in total. The quantitative estimate of drug-likeness (QED) is 0.403. The molecule has 0 radical (unpaired) electrons. The summed E-state index contributed by atoms with van der Waals surface area (Å²) in [5, 5.41) is 13.5. The van der Waals surface area contributed by atoms with Crippen molar-refractivity contribution in [2.24, 2.45) is 0 Å². The molecule has 29 heavy (non-hydrogen) atoms. The first-order chi connectivity index (χ1) is 13.6. The van der Waals surface area contributed by atoms with E-state index in [0.29, 0.717) is 4.47 Å². The number of anilines is 1. The van der Waals surface area contributed by atoms with Gasteiger partial charge in [0, 0.05) is 30.4 Å². The Bertz CT molecular complexity index is 1050. The fraction of sp³-hybridized carbons (Fsp3) is 0.176. The van der Waals surface area contributed by atoms with E-state index in [2.05, 4.69) is 14.9 Å². The summed E-state index contributed by atoms with van der Waals surface area (Å²) in [5.74, 6) is -1.57. The van der Waals surface area contributed by atoms with Crippen molar-refractivity contribution in [2.75, 3.05) is 26.6 Å². The van der Waals surface area contributed by atoms with E-state index in [1.54, 1.807) is 0 Å². The van der Waals surface area contributed by atoms with Crippen LogP contribution in [-0.4, -0.2) is 51.0 Å². The Hall–Kier alpha value is -3.35. The number of hydrogen-bond acceptors (Lipinski definition) is 8. The number of nitrogens with zero attached hydrogens (tertiary/aromatic N) is 2. The molecule has 0 heterocycles. The molecule has 0 fully saturated rings. The highest BCUT2D eigenvalue weighted by molar-refractivity contribution is 7.89. The highest BCUT2D eigenvalue weighted by Crippen LogP contribution is 2.21. The summed E-state index contributed by atoms with van der Waals surface area (Å²) in [6.07, 6.45) is 0. The van der Waals surface area contributed by atoms with E-state index in [9.17, 15) is 28.1 Å². The zero-order valence-corrected chi connectivity index (χ0v) is 16.4. The average Bonchev–Trinajstić information content (AvgIpc) is 2.72. The number of non-ortho nitro benzene ring substituents is 1. The molecule has 1 amide bonds. The lowest BCUT2D eigenvalue weighted by atomic mass is 10.1. The van der Waals surface area contributed by atoms with Crippen molar-refractivity contribution < 1.29 is 32.5 Å². The van der Waals surface area contributed by atoms with E-state index < -0.39 is 32.5 Å². The summed E-state index contributed by atoms with van der Waals surface area (Å²) < 4.78 is 29.5. The molecule has 0 aliphatic carbocycles. The largest absolute Gasteiger partial charge is 0.465 e. The number of benzene rings is 2. The maximum atomic E-state index is 12.5. The van der Waals surface area contributed by atoms with Gasteiger partial charge in [-0.15, -0.1) is 0 Å². The molecule has 0 unspecified atom stereocenters. The summed E-state index contributed by atoms with van der Waals surface area (Å²) >= 11 is 0. The van der Waals surface area contributed by atoms with Crippen LogP contribution in [0.1, 0.15) is 20.7 Å². The van der Waals surface area contributed by atoms with Gasteiger partial charge in [-0.1, -0.05) is 4.47 Å². The van der Waals surface area contributed by atoms with Crippen LogP contribution in [0.4, 0.5) is 11.4 Å². The van der Waals surface area contributed by atoms with Crippen molar-refractivity contribution in [2.45, 2.75) is 4.90 Å². The summed E-state index contributed by atoms with van der Waals surface area (Å²) in [6.45, 7) is 0. The summed E-state index contributed by atoms with van der Waals surface area (Å²) in [4.78, 5) is 39.1. The monoisotopic (exact) mass is 423 g/mol. The number of nitro benzene ring substituents is 1. The predicted octanol–water partition coefficient (Wildman–Crippen LogP) is 1.82. The minimum absolute atomic E-state index is 0.0665. The van der Waals surface area contributed by atoms with Crippen LogP contribution < -0.4 is 5.32 Å². The van der Waals surface area contributed by atoms with Gasteiger partial charge in [0.15, 0.2) is 0 Å². The summed E-state index contributed by atoms with van der Waals surface area (Å²) in [5.41, 5.74) is -0.520. The molecule has 154 valence electrons. The predicted molar refractivity (Wildman–Crippen MR) is 101 cm³/mol. The number of esters is 1. The molecule has 0 aliphatic rings. The Morgan fingerprint density at radius 2 is 1.66 bits per heavy atom. The van der Waals surface area contributed by atoms with Gasteiger partial charge in [0.2, 0.25) is 0 Å². The molecule has 0 aromatic heterocycles. The van der Waals surface area contributed by atoms with Gasteiger partial charge in [-0.2, -0.15) is 0 Å². The lowest BCUT2D eigenvalue weighted by Crippen LogP contribution is -2.25. The number of ether oxygens (including phenoxy) is 1. The molecule has 2 rings (SSSR count). The Labute approximate surface area is 166 Å². The normalized spacial score (nSPS) is 11.2. The number of nitro groups is 1. The van der Waals surface area contributed by atoms with Crippen LogP contribution >= 0.6 is 0 Å². The number of rotatable bonds is 7. The van der Waals surface area contributed by atoms with Crippen LogP contribution in [0.25, 0.3) is 0 Å². The Morgan fingerprint density at radius 1 is 1.07 bits per heavy atom. The zero-order valence-electron chi connectivity index (χ0n) is 15.6. The van der Waals surface area contributed by atoms with E-state index >= 15 is 0 Å².